The molecule has 6 nitrogen and oxygen atoms in total. The number of ether oxygens (including phenoxy) is 2. The van der Waals surface area contributed by atoms with Crippen LogP contribution in [-0.4, -0.2) is 24.7 Å². The maximum Gasteiger partial charge on any atom is 0.338 e. The molecular formula is C20H27ClN2O4. The second-order valence-electron chi connectivity index (χ2n) is 6.67. The van der Waals surface area contributed by atoms with Gasteiger partial charge in [0.25, 0.3) is 0 Å². The van der Waals surface area contributed by atoms with Gasteiger partial charge < -0.3 is 20.1 Å². The van der Waals surface area contributed by atoms with Crippen LogP contribution in [0.4, 0.5) is 4.79 Å². The summed E-state index contributed by atoms with van der Waals surface area (Å²) in [4.78, 5) is 24.9. The van der Waals surface area contributed by atoms with Crippen molar-refractivity contribution in [2.75, 3.05) is 6.61 Å². The van der Waals surface area contributed by atoms with Crippen LogP contribution in [0.2, 0.25) is 5.02 Å². The molecule has 1 atom stereocenters. The van der Waals surface area contributed by atoms with E-state index in [1.165, 1.54) is 0 Å². The van der Waals surface area contributed by atoms with Crippen LogP contribution >= 0.6 is 11.6 Å². The molecule has 0 radical (unpaired) electrons. The monoisotopic (exact) mass is 394 g/mol. The van der Waals surface area contributed by atoms with Gasteiger partial charge in [0.1, 0.15) is 5.75 Å². The maximum absolute atomic E-state index is 12.7. The average Bonchev–Trinajstić information content (AvgIpc) is 2.59. The Labute approximate surface area is 165 Å². The minimum absolute atomic E-state index is 0.264. The van der Waals surface area contributed by atoms with E-state index in [9.17, 15) is 9.59 Å². The first-order valence-electron chi connectivity index (χ1n) is 9.31. The third kappa shape index (κ3) is 5.39. The molecule has 1 unspecified atom stereocenters. The van der Waals surface area contributed by atoms with E-state index in [4.69, 9.17) is 21.1 Å². The summed E-state index contributed by atoms with van der Waals surface area (Å²) in [5, 5.41) is 5.99. The van der Waals surface area contributed by atoms with Crippen molar-refractivity contribution in [1.82, 2.24) is 10.6 Å². The quantitative estimate of drug-likeness (QED) is 0.637. The lowest BCUT2D eigenvalue weighted by Gasteiger charge is -2.30. The predicted octanol–water partition coefficient (Wildman–Crippen LogP) is 4.49. The van der Waals surface area contributed by atoms with E-state index < -0.39 is 12.0 Å². The van der Waals surface area contributed by atoms with E-state index >= 15 is 0 Å². The Kier molecular flexibility index (Phi) is 7.54. The van der Waals surface area contributed by atoms with E-state index in [0.717, 1.165) is 12.8 Å². The Hall–Kier alpha value is -2.21. The van der Waals surface area contributed by atoms with E-state index in [1.54, 1.807) is 32.0 Å². The van der Waals surface area contributed by atoms with Crippen LogP contribution in [0.25, 0.3) is 0 Å². The van der Waals surface area contributed by atoms with Gasteiger partial charge in [-0.2, -0.15) is 0 Å². The van der Waals surface area contributed by atoms with Crippen molar-refractivity contribution in [2.24, 2.45) is 0 Å². The van der Waals surface area contributed by atoms with Gasteiger partial charge in [-0.15, -0.1) is 0 Å². The van der Waals surface area contributed by atoms with Gasteiger partial charge >= 0.3 is 12.0 Å². The van der Waals surface area contributed by atoms with Crippen molar-refractivity contribution >= 4 is 23.6 Å². The first-order chi connectivity index (χ1) is 12.9. The molecule has 0 saturated carbocycles. The molecule has 1 heterocycles. The van der Waals surface area contributed by atoms with Gasteiger partial charge in [-0.05, 0) is 44.4 Å². The second kappa shape index (κ2) is 9.65. The molecular weight excluding hydrogens is 368 g/mol. The largest absolute Gasteiger partial charge is 0.492 e. The number of carbonyl (C=O) groups is 2. The Balaban J connectivity index is 2.44. The number of esters is 1. The molecule has 1 aliphatic heterocycles. The van der Waals surface area contributed by atoms with Crippen LogP contribution in [-0.2, 0) is 9.53 Å². The van der Waals surface area contributed by atoms with E-state index in [1.807, 2.05) is 13.8 Å². The molecule has 1 aliphatic rings. The van der Waals surface area contributed by atoms with Crippen LogP contribution < -0.4 is 15.4 Å². The van der Waals surface area contributed by atoms with E-state index in [-0.39, 0.29) is 12.1 Å². The lowest BCUT2D eigenvalue weighted by atomic mass is 9.93. The zero-order chi connectivity index (χ0) is 20.0. The van der Waals surface area contributed by atoms with Crippen LogP contribution in [0.15, 0.2) is 29.5 Å². The summed E-state index contributed by atoms with van der Waals surface area (Å²) in [5.41, 5.74) is 1.69. The molecule has 0 aromatic heterocycles. The lowest BCUT2D eigenvalue weighted by Crippen LogP contribution is -2.46. The van der Waals surface area contributed by atoms with E-state index in [2.05, 4.69) is 10.6 Å². The molecule has 0 fully saturated rings. The molecule has 148 valence electrons. The van der Waals surface area contributed by atoms with E-state index in [0.29, 0.717) is 40.6 Å². The van der Waals surface area contributed by atoms with Crippen LogP contribution in [0.5, 0.6) is 5.75 Å². The number of hydrogen-bond acceptors (Lipinski definition) is 4. The number of carbonyl (C=O) groups excluding carboxylic acids is 2. The van der Waals surface area contributed by atoms with Crippen molar-refractivity contribution < 1.29 is 19.1 Å². The topological polar surface area (TPSA) is 76.7 Å². The third-order valence-corrected chi connectivity index (χ3v) is 4.26. The van der Waals surface area contributed by atoms with Crippen molar-refractivity contribution in [3.63, 3.8) is 0 Å². The maximum atomic E-state index is 12.7. The highest BCUT2D eigenvalue weighted by Crippen LogP contribution is 2.34. The molecule has 1 aromatic rings. The number of nitrogens with one attached hydrogen (secondary N) is 2. The number of urea groups is 1. The number of allylic oxidation sites excluding steroid dienone is 1. The summed E-state index contributed by atoms with van der Waals surface area (Å²) in [6, 6.07) is 4.29. The highest BCUT2D eigenvalue weighted by atomic mass is 35.5. The second-order valence-corrected chi connectivity index (χ2v) is 7.07. The molecule has 2 N–H and O–H groups in total. The Morgan fingerprint density at radius 1 is 1.26 bits per heavy atom. The zero-order valence-corrected chi connectivity index (χ0v) is 17.0. The summed E-state index contributed by atoms with van der Waals surface area (Å²) in [6.45, 7) is 8.14. The average molecular weight is 395 g/mol. The Morgan fingerprint density at radius 2 is 2.00 bits per heavy atom. The first-order valence-corrected chi connectivity index (χ1v) is 9.68. The molecule has 0 bridgehead atoms. The van der Waals surface area contributed by atoms with Gasteiger partial charge in [-0.3, -0.25) is 0 Å². The fraction of sp³-hybridized carbons (Fsp3) is 0.500. The molecule has 1 aromatic carbocycles. The summed E-state index contributed by atoms with van der Waals surface area (Å²) >= 11 is 6.34. The lowest BCUT2D eigenvalue weighted by molar-refractivity contribution is -0.143. The number of benzene rings is 1. The summed E-state index contributed by atoms with van der Waals surface area (Å²) in [6.07, 6.45) is 1.96. The van der Waals surface area contributed by atoms with Crippen molar-refractivity contribution in [3.05, 3.63) is 40.1 Å². The number of hydrogen-bond donors (Lipinski definition) is 2. The zero-order valence-electron chi connectivity index (χ0n) is 16.2. The number of amides is 2. The molecule has 7 heteroatoms. The number of halogens is 1. The van der Waals surface area contributed by atoms with Gasteiger partial charge in [0.05, 0.1) is 29.3 Å². The Morgan fingerprint density at radius 3 is 2.59 bits per heavy atom. The summed E-state index contributed by atoms with van der Waals surface area (Å²) in [5.74, 6) is 0.125. The summed E-state index contributed by atoms with van der Waals surface area (Å²) in [7, 11) is 0. The van der Waals surface area contributed by atoms with Gasteiger partial charge in [0.15, 0.2) is 0 Å². The molecule has 2 amide bonds. The molecule has 0 spiro atoms. The first kappa shape index (κ1) is 21.1. The van der Waals surface area contributed by atoms with Gasteiger partial charge in [0, 0.05) is 5.70 Å². The van der Waals surface area contributed by atoms with Crippen LogP contribution in [0, 0.1) is 0 Å². The normalized spacial score (nSPS) is 16.8. The van der Waals surface area contributed by atoms with Crippen LogP contribution in [0.3, 0.4) is 0 Å². The minimum atomic E-state index is -0.635. The Bertz CT molecular complexity index is 731. The standard InChI is InChI=1S/C20H27ClN2O4/c1-5-7-15-17(19(24)27-12(3)4)18(23-20(25)22-15)13-8-9-16(14(21)11-13)26-10-6-2/h8-9,11-12,18H,5-7,10H2,1-4H3,(H2,22,23,25). The van der Waals surface area contributed by atoms with Gasteiger partial charge in [-0.25, -0.2) is 9.59 Å². The fourth-order valence-electron chi connectivity index (χ4n) is 2.86. The highest BCUT2D eigenvalue weighted by molar-refractivity contribution is 6.32. The molecule has 0 aliphatic carbocycles. The van der Waals surface area contributed by atoms with Gasteiger partial charge in [-0.1, -0.05) is 37.9 Å². The van der Waals surface area contributed by atoms with Gasteiger partial charge in [0.2, 0.25) is 0 Å². The van der Waals surface area contributed by atoms with Crippen molar-refractivity contribution in [3.8, 4) is 5.75 Å². The van der Waals surface area contributed by atoms with Crippen molar-refractivity contribution in [2.45, 2.75) is 59.1 Å². The molecule has 0 saturated heterocycles. The molecule has 2 rings (SSSR count). The summed E-state index contributed by atoms with van der Waals surface area (Å²) < 4.78 is 11.0. The fourth-order valence-corrected chi connectivity index (χ4v) is 3.10. The predicted molar refractivity (Wildman–Crippen MR) is 105 cm³/mol. The molecule has 27 heavy (non-hydrogen) atoms. The minimum Gasteiger partial charge on any atom is -0.492 e. The smallest absolute Gasteiger partial charge is 0.338 e. The number of rotatable bonds is 8. The SMILES string of the molecule is CCCOc1ccc(C2NC(=O)NC(CCC)=C2C(=O)OC(C)C)cc1Cl. The third-order valence-electron chi connectivity index (χ3n) is 3.97. The van der Waals surface area contributed by atoms with Crippen LogP contribution in [0.1, 0.15) is 58.6 Å². The highest BCUT2D eigenvalue weighted by Gasteiger charge is 2.34. The van der Waals surface area contributed by atoms with Crippen molar-refractivity contribution in [1.29, 1.82) is 0 Å².